The van der Waals surface area contributed by atoms with Crippen LogP contribution in [0.1, 0.15) is 62.0 Å². The molecule has 1 amide bonds. The zero-order chi connectivity index (χ0) is 19.8. The van der Waals surface area contributed by atoms with Crippen molar-refractivity contribution in [1.82, 2.24) is 20.5 Å². The van der Waals surface area contributed by atoms with E-state index in [2.05, 4.69) is 36.4 Å². The smallest absolute Gasteiger partial charge is 0.225 e. The molecule has 2 rings (SSSR count). The average molecular weight is 394 g/mol. The van der Waals surface area contributed by atoms with Crippen LogP contribution >= 0.6 is 11.3 Å². The number of aryl methyl sites for hydroxylation is 2. The molecule has 1 aliphatic heterocycles. The highest BCUT2D eigenvalue weighted by Gasteiger charge is 2.26. The number of thiazole rings is 1. The van der Waals surface area contributed by atoms with E-state index >= 15 is 0 Å². The first kappa shape index (κ1) is 21.7. The number of hydrogen-bond acceptors (Lipinski definition) is 4. The Hall–Kier alpha value is -1.63. The summed E-state index contributed by atoms with van der Waals surface area (Å²) in [6.45, 7) is 13.5. The second kappa shape index (κ2) is 10.6. The molecule has 0 saturated carbocycles. The number of aliphatic imine (C=N–C) groups is 1. The summed E-state index contributed by atoms with van der Waals surface area (Å²) in [6, 6.07) is 0.359. The fourth-order valence-corrected chi connectivity index (χ4v) is 4.39. The van der Waals surface area contributed by atoms with Crippen molar-refractivity contribution in [3.8, 4) is 0 Å². The SMILES string of the molecule is CCNC(=NCc1sc(C)nc1C)NC1CCN(C(=O)C(CC)CC)CC1. The Morgan fingerprint density at radius 1 is 1.26 bits per heavy atom. The largest absolute Gasteiger partial charge is 0.357 e. The maximum Gasteiger partial charge on any atom is 0.225 e. The van der Waals surface area contributed by atoms with Gasteiger partial charge in [0, 0.05) is 36.5 Å². The van der Waals surface area contributed by atoms with Gasteiger partial charge in [-0.3, -0.25) is 4.79 Å². The van der Waals surface area contributed by atoms with Gasteiger partial charge in [-0.2, -0.15) is 0 Å². The van der Waals surface area contributed by atoms with Crippen LogP contribution in [0.3, 0.4) is 0 Å². The zero-order valence-corrected chi connectivity index (χ0v) is 18.3. The van der Waals surface area contributed by atoms with Crippen LogP contribution in [0, 0.1) is 19.8 Å². The van der Waals surface area contributed by atoms with Crippen LogP contribution in [0.2, 0.25) is 0 Å². The molecule has 6 nitrogen and oxygen atoms in total. The van der Waals surface area contributed by atoms with Gasteiger partial charge in [-0.25, -0.2) is 9.98 Å². The van der Waals surface area contributed by atoms with E-state index in [4.69, 9.17) is 4.99 Å². The molecule has 152 valence electrons. The van der Waals surface area contributed by atoms with Crippen LogP contribution in [0.5, 0.6) is 0 Å². The van der Waals surface area contributed by atoms with Crippen LogP contribution in [0.15, 0.2) is 4.99 Å². The molecule has 1 aromatic heterocycles. The van der Waals surface area contributed by atoms with Gasteiger partial charge in [-0.1, -0.05) is 13.8 Å². The van der Waals surface area contributed by atoms with E-state index in [0.29, 0.717) is 18.5 Å². The maximum absolute atomic E-state index is 12.5. The van der Waals surface area contributed by atoms with Crippen molar-refractivity contribution < 1.29 is 4.79 Å². The van der Waals surface area contributed by atoms with Crippen molar-refractivity contribution in [3.63, 3.8) is 0 Å². The molecule has 0 bridgehead atoms. The summed E-state index contributed by atoms with van der Waals surface area (Å²) in [7, 11) is 0. The quantitative estimate of drug-likeness (QED) is 0.551. The van der Waals surface area contributed by atoms with Crippen LogP contribution in [-0.4, -0.2) is 47.4 Å². The first-order valence-corrected chi connectivity index (χ1v) is 11.1. The van der Waals surface area contributed by atoms with Crippen LogP contribution in [0.25, 0.3) is 0 Å². The fraction of sp³-hybridized carbons (Fsp3) is 0.750. The van der Waals surface area contributed by atoms with Gasteiger partial charge in [0.1, 0.15) is 0 Å². The Kier molecular flexibility index (Phi) is 8.54. The Morgan fingerprint density at radius 2 is 1.93 bits per heavy atom. The molecule has 1 saturated heterocycles. The van der Waals surface area contributed by atoms with E-state index in [9.17, 15) is 4.79 Å². The van der Waals surface area contributed by atoms with E-state index < -0.39 is 0 Å². The number of piperidine rings is 1. The minimum absolute atomic E-state index is 0.180. The Bertz CT molecular complexity index is 630. The van der Waals surface area contributed by atoms with Gasteiger partial charge < -0.3 is 15.5 Å². The Labute approximate surface area is 167 Å². The third-order valence-electron chi connectivity index (χ3n) is 5.21. The monoisotopic (exact) mass is 393 g/mol. The summed E-state index contributed by atoms with van der Waals surface area (Å²) in [4.78, 5) is 25.0. The van der Waals surface area contributed by atoms with Crippen LogP contribution in [-0.2, 0) is 11.3 Å². The molecule has 27 heavy (non-hydrogen) atoms. The van der Waals surface area contributed by atoms with Crippen molar-refractivity contribution in [3.05, 3.63) is 15.6 Å². The van der Waals surface area contributed by atoms with Gasteiger partial charge in [0.25, 0.3) is 0 Å². The van der Waals surface area contributed by atoms with Gasteiger partial charge in [0.05, 0.1) is 17.2 Å². The number of guanidine groups is 1. The lowest BCUT2D eigenvalue weighted by Crippen LogP contribution is -2.50. The van der Waals surface area contributed by atoms with Gasteiger partial charge in [-0.05, 0) is 46.5 Å². The van der Waals surface area contributed by atoms with Crippen molar-refractivity contribution in [2.75, 3.05) is 19.6 Å². The summed E-state index contributed by atoms with van der Waals surface area (Å²) in [5.41, 5.74) is 1.07. The lowest BCUT2D eigenvalue weighted by atomic mass is 9.98. The van der Waals surface area contributed by atoms with Gasteiger partial charge in [0.2, 0.25) is 5.91 Å². The van der Waals surface area contributed by atoms with E-state index in [0.717, 1.165) is 62.0 Å². The Morgan fingerprint density at radius 3 is 2.44 bits per heavy atom. The summed E-state index contributed by atoms with van der Waals surface area (Å²) in [5.74, 6) is 1.36. The lowest BCUT2D eigenvalue weighted by Gasteiger charge is -2.34. The minimum Gasteiger partial charge on any atom is -0.357 e. The predicted octanol–water partition coefficient (Wildman–Crippen LogP) is 3.24. The van der Waals surface area contributed by atoms with Gasteiger partial charge >= 0.3 is 0 Å². The number of rotatable bonds is 7. The lowest BCUT2D eigenvalue weighted by molar-refractivity contribution is -0.136. The molecular weight excluding hydrogens is 358 g/mol. The van der Waals surface area contributed by atoms with Crippen LogP contribution in [0.4, 0.5) is 0 Å². The van der Waals surface area contributed by atoms with Crippen molar-refractivity contribution in [1.29, 1.82) is 0 Å². The van der Waals surface area contributed by atoms with Crippen molar-refractivity contribution in [2.45, 2.75) is 72.9 Å². The van der Waals surface area contributed by atoms with E-state index in [1.54, 1.807) is 11.3 Å². The molecule has 1 aromatic rings. The predicted molar refractivity (Wildman–Crippen MR) is 113 cm³/mol. The first-order valence-electron chi connectivity index (χ1n) is 10.2. The highest BCUT2D eigenvalue weighted by atomic mass is 32.1. The molecule has 1 aliphatic rings. The minimum atomic E-state index is 0.180. The summed E-state index contributed by atoms with van der Waals surface area (Å²) < 4.78 is 0. The van der Waals surface area contributed by atoms with Crippen molar-refractivity contribution in [2.24, 2.45) is 10.9 Å². The maximum atomic E-state index is 12.5. The Balaban J connectivity index is 1.89. The summed E-state index contributed by atoms with van der Waals surface area (Å²) >= 11 is 1.71. The third-order valence-corrected chi connectivity index (χ3v) is 6.26. The summed E-state index contributed by atoms with van der Waals surface area (Å²) in [5, 5.41) is 7.98. The number of likely N-dealkylation sites (tertiary alicyclic amines) is 1. The second-order valence-electron chi connectivity index (χ2n) is 7.19. The molecule has 0 radical (unpaired) electrons. The van der Waals surface area contributed by atoms with E-state index in [1.165, 1.54) is 4.88 Å². The number of amides is 1. The molecule has 1 fully saturated rings. The normalized spacial score (nSPS) is 16.1. The third kappa shape index (κ3) is 6.19. The first-order chi connectivity index (χ1) is 13.0. The molecule has 0 aromatic carbocycles. The molecule has 0 atom stereocenters. The zero-order valence-electron chi connectivity index (χ0n) is 17.5. The number of aromatic nitrogens is 1. The highest BCUT2D eigenvalue weighted by Crippen LogP contribution is 2.19. The molecule has 2 heterocycles. The highest BCUT2D eigenvalue weighted by molar-refractivity contribution is 7.11. The second-order valence-corrected chi connectivity index (χ2v) is 8.48. The number of nitrogens with zero attached hydrogens (tertiary/aromatic N) is 3. The number of hydrogen-bond donors (Lipinski definition) is 2. The number of nitrogens with one attached hydrogen (secondary N) is 2. The summed E-state index contributed by atoms with van der Waals surface area (Å²) in [6.07, 6.45) is 3.80. The standard InChI is InChI=1S/C20H35N5OS/c1-6-16(7-2)19(26)25-11-9-17(10-12-25)24-20(21-8-3)22-13-18-14(4)23-15(5)27-18/h16-17H,6-13H2,1-5H3,(H2,21,22,24). The molecule has 2 N–H and O–H groups in total. The van der Waals surface area contributed by atoms with Crippen molar-refractivity contribution >= 4 is 23.2 Å². The molecule has 7 heteroatoms. The number of carbonyl (C=O) groups excluding carboxylic acids is 1. The van der Waals surface area contributed by atoms with E-state index in [1.807, 2.05) is 18.7 Å². The molecule has 0 spiro atoms. The molecule has 0 aliphatic carbocycles. The van der Waals surface area contributed by atoms with E-state index in [-0.39, 0.29) is 5.92 Å². The topological polar surface area (TPSA) is 69.6 Å². The molecule has 0 unspecified atom stereocenters. The average Bonchev–Trinajstić information content (AvgIpc) is 2.98. The number of carbonyl (C=O) groups is 1. The van der Waals surface area contributed by atoms with Gasteiger partial charge in [-0.15, -0.1) is 11.3 Å². The molecular formula is C20H35N5OS. The van der Waals surface area contributed by atoms with Gasteiger partial charge in [0.15, 0.2) is 5.96 Å². The fourth-order valence-electron chi connectivity index (χ4n) is 3.52. The van der Waals surface area contributed by atoms with Crippen LogP contribution < -0.4 is 10.6 Å².